The van der Waals surface area contributed by atoms with Crippen molar-refractivity contribution in [2.45, 2.75) is 37.0 Å². The molecule has 0 spiro atoms. The number of carbonyl (C=O) groups excluding carboxylic acids is 1. The Morgan fingerprint density at radius 2 is 2.30 bits per heavy atom. The van der Waals surface area contributed by atoms with Crippen LogP contribution in [0.1, 0.15) is 24.8 Å². The second kappa shape index (κ2) is 9.90. The molecule has 0 radical (unpaired) electrons. The van der Waals surface area contributed by atoms with E-state index in [0.29, 0.717) is 12.6 Å². The first-order valence-corrected chi connectivity index (χ1v) is 8.95. The monoisotopic (exact) mass is 336 g/mol. The highest BCUT2D eigenvalue weighted by atomic mass is 32.1. The summed E-state index contributed by atoms with van der Waals surface area (Å²) >= 11 is 4.53. The molecule has 0 aromatic carbocycles. The summed E-state index contributed by atoms with van der Waals surface area (Å²) in [6.45, 7) is 4.04. The molecule has 2 heterocycles. The maximum Gasteiger partial charge on any atom is 0.209 e. The normalized spacial score (nSPS) is 20.4. The molecule has 0 bridgehead atoms. The number of rotatable bonds is 9. The Labute approximate surface area is 144 Å². The number of aromatic nitrogens is 1. The lowest BCUT2D eigenvalue weighted by Gasteiger charge is -2.41. The molecule has 1 saturated heterocycles. The Morgan fingerprint density at radius 1 is 1.43 bits per heavy atom. The Kier molecular flexibility index (Phi) is 7.85. The van der Waals surface area contributed by atoms with E-state index in [1.54, 1.807) is 0 Å². The van der Waals surface area contributed by atoms with E-state index in [1.807, 2.05) is 23.4 Å². The molecule has 2 N–H and O–H groups in total. The Morgan fingerprint density at radius 3 is 3.00 bits per heavy atom. The zero-order chi connectivity index (χ0) is 16.5. The number of hydrogen-bond donors (Lipinski definition) is 2. The fourth-order valence-corrected chi connectivity index (χ4v) is 3.34. The molecule has 128 valence electrons. The van der Waals surface area contributed by atoms with E-state index in [2.05, 4.69) is 28.6 Å². The van der Waals surface area contributed by atoms with Crippen LogP contribution in [-0.4, -0.2) is 65.2 Å². The molecule has 1 fully saturated rings. The Balaban J connectivity index is 1.79. The van der Waals surface area contributed by atoms with Crippen molar-refractivity contribution in [2.75, 3.05) is 32.7 Å². The summed E-state index contributed by atoms with van der Waals surface area (Å²) in [5, 5.41) is 0.204. The van der Waals surface area contributed by atoms with Gasteiger partial charge in [0.2, 0.25) is 6.41 Å². The molecule has 2 atom stereocenters. The van der Waals surface area contributed by atoms with Crippen LogP contribution in [0.15, 0.2) is 24.5 Å². The van der Waals surface area contributed by atoms with Gasteiger partial charge in [0.25, 0.3) is 0 Å². The van der Waals surface area contributed by atoms with Gasteiger partial charge in [0.05, 0.1) is 0 Å². The van der Waals surface area contributed by atoms with Gasteiger partial charge in [-0.2, -0.15) is 12.6 Å². The summed E-state index contributed by atoms with van der Waals surface area (Å²) < 4.78 is 0. The molecule has 1 unspecified atom stereocenters. The lowest BCUT2D eigenvalue weighted by molar-refractivity contribution is -0.121. The zero-order valence-corrected chi connectivity index (χ0v) is 14.6. The molecular formula is C17H28N4OS. The average molecular weight is 337 g/mol. The van der Waals surface area contributed by atoms with Crippen LogP contribution < -0.4 is 5.73 Å². The van der Waals surface area contributed by atoms with E-state index in [4.69, 9.17) is 5.73 Å². The Hall–Kier alpha value is -1.11. The number of nitrogens with zero attached hydrogens (tertiary/aromatic N) is 3. The zero-order valence-electron chi connectivity index (χ0n) is 13.7. The van der Waals surface area contributed by atoms with Gasteiger partial charge in [-0.1, -0.05) is 12.5 Å². The fraction of sp³-hybridized carbons (Fsp3) is 0.647. The molecule has 0 saturated carbocycles. The van der Waals surface area contributed by atoms with Crippen molar-refractivity contribution in [3.05, 3.63) is 30.1 Å². The summed E-state index contributed by atoms with van der Waals surface area (Å²) in [5.41, 5.74) is 6.99. The number of unbranched alkanes of at least 4 members (excludes halogenated alkanes) is 1. The number of thiol groups is 1. The van der Waals surface area contributed by atoms with Crippen LogP contribution in [0.2, 0.25) is 0 Å². The first kappa shape index (κ1) is 18.2. The van der Waals surface area contributed by atoms with Crippen LogP contribution in [0.3, 0.4) is 0 Å². The standard InChI is InChI=1S/C17H28N4OS/c18-10-17(23)13-21-9-8-20(14-22)12-16(21)6-2-1-4-15-5-3-7-19-11-15/h3,5,7,11,14,16-17,23H,1-2,4,6,8-10,12-13,18H2/t16-,17?/m0/s1. The molecule has 2 rings (SSSR count). The number of pyridine rings is 1. The third-order valence-electron chi connectivity index (χ3n) is 4.48. The number of aryl methyl sites for hydroxylation is 1. The number of hydrogen-bond acceptors (Lipinski definition) is 5. The third-order valence-corrected chi connectivity index (χ3v) is 4.85. The maximum absolute atomic E-state index is 11.1. The van der Waals surface area contributed by atoms with E-state index in [9.17, 15) is 4.79 Å². The third kappa shape index (κ3) is 6.12. The number of piperazine rings is 1. The molecule has 1 amide bonds. The minimum Gasteiger partial charge on any atom is -0.342 e. The van der Waals surface area contributed by atoms with E-state index < -0.39 is 0 Å². The van der Waals surface area contributed by atoms with Gasteiger partial charge in [0.15, 0.2) is 0 Å². The van der Waals surface area contributed by atoms with Crippen molar-refractivity contribution in [1.29, 1.82) is 0 Å². The van der Waals surface area contributed by atoms with Crippen LogP contribution in [0.4, 0.5) is 0 Å². The Bertz CT molecular complexity index is 459. The molecule has 23 heavy (non-hydrogen) atoms. The van der Waals surface area contributed by atoms with E-state index in [1.165, 1.54) is 5.56 Å². The molecule has 0 aliphatic carbocycles. The SMILES string of the molecule is NCC(S)CN1CCN(C=O)C[C@@H]1CCCCc1cccnc1. The summed E-state index contributed by atoms with van der Waals surface area (Å²) in [6, 6.07) is 4.53. The summed E-state index contributed by atoms with van der Waals surface area (Å²) in [7, 11) is 0. The topological polar surface area (TPSA) is 62.5 Å². The first-order valence-electron chi connectivity index (χ1n) is 8.43. The van der Waals surface area contributed by atoms with Gasteiger partial charge in [-0.05, 0) is 30.9 Å². The summed E-state index contributed by atoms with van der Waals surface area (Å²) in [4.78, 5) is 19.6. The molecule has 1 aliphatic rings. The van der Waals surface area contributed by atoms with Crippen molar-refractivity contribution in [1.82, 2.24) is 14.8 Å². The largest absolute Gasteiger partial charge is 0.342 e. The van der Waals surface area contributed by atoms with E-state index in [-0.39, 0.29) is 5.25 Å². The number of nitrogens with two attached hydrogens (primary N) is 1. The highest BCUT2D eigenvalue weighted by Crippen LogP contribution is 2.17. The van der Waals surface area contributed by atoms with Crippen molar-refractivity contribution in [2.24, 2.45) is 5.73 Å². The van der Waals surface area contributed by atoms with Crippen LogP contribution >= 0.6 is 12.6 Å². The highest BCUT2D eigenvalue weighted by Gasteiger charge is 2.26. The smallest absolute Gasteiger partial charge is 0.209 e. The molecule has 1 aliphatic heterocycles. The maximum atomic E-state index is 11.1. The van der Waals surface area contributed by atoms with Crippen LogP contribution in [0.25, 0.3) is 0 Å². The van der Waals surface area contributed by atoms with Gasteiger partial charge in [-0.3, -0.25) is 14.7 Å². The molecular weight excluding hydrogens is 308 g/mol. The van der Waals surface area contributed by atoms with Crippen molar-refractivity contribution in [3.63, 3.8) is 0 Å². The van der Waals surface area contributed by atoms with E-state index in [0.717, 1.165) is 58.3 Å². The predicted molar refractivity (Wildman–Crippen MR) is 96.6 cm³/mol. The lowest BCUT2D eigenvalue weighted by atomic mass is 10.0. The van der Waals surface area contributed by atoms with Gasteiger partial charge < -0.3 is 10.6 Å². The number of carbonyl (C=O) groups is 1. The van der Waals surface area contributed by atoms with Crippen molar-refractivity contribution < 1.29 is 4.79 Å². The molecule has 1 aromatic rings. The van der Waals surface area contributed by atoms with Gasteiger partial charge >= 0.3 is 0 Å². The molecule has 6 heteroatoms. The number of amides is 1. The second-order valence-electron chi connectivity index (χ2n) is 6.25. The summed E-state index contributed by atoms with van der Waals surface area (Å²) in [6.07, 6.45) is 9.20. The highest BCUT2D eigenvalue weighted by molar-refractivity contribution is 7.81. The lowest BCUT2D eigenvalue weighted by Crippen LogP contribution is -2.54. The van der Waals surface area contributed by atoms with Gasteiger partial charge in [0, 0.05) is 56.4 Å². The molecule has 5 nitrogen and oxygen atoms in total. The first-order chi connectivity index (χ1) is 11.2. The second-order valence-corrected chi connectivity index (χ2v) is 6.98. The van der Waals surface area contributed by atoms with Gasteiger partial charge in [0.1, 0.15) is 0 Å². The minimum atomic E-state index is 0.204. The predicted octanol–water partition coefficient (Wildman–Crippen LogP) is 1.19. The van der Waals surface area contributed by atoms with Crippen LogP contribution in [-0.2, 0) is 11.2 Å². The van der Waals surface area contributed by atoms with Crippen LogP contribution in [0.5, 0.6) is 0 Å². The van der Waals surface area contributed by atoms with Crippen molar-refractivity contribution in [3.8, 4) is 0 Å². The van der Waals surface area contributed by atoms with Gasteiger partial charge in [-0.25, -0.2) is 0 Å². The van der Waals surface area contributed by atoms with Gasteiger partial charge in [-0.15, -0.1) is 0 Å². The average Bonchev–Trinajstić information content (AvgIpc) is 2.60. The minimum absolute atomic E-state index is 0.204. The summed E-state index contributed by atoms with van der Waals surface area (Å²) in [5.74, 6) is 0. The quantitative estimate of drug-likeness (QED) is 0.404. The molecule has 1 aromatic heterocycles. The van der Waals surface area contributed by atoms with Crippen LogP contribution in [0, 0.1) is 0 Å². The fourth-order valence-electron chi connectivity index (χ4n) is 3.13. The van der Waals surface area contributed by atoms with Crippen molar-refractivity contribution >= 4 is 19.0 Å². The van der Waals surface area contributed by atoms with E-state index >= 15 is 0 Å².